The van der Waals surface area contributed by atoms with Gasteiger partial charge >= 0.3 is 0 Å². The second-order valence-corrected chi connectivity index (χ2v) is 6.44. The third-order valence-corrected chi connectivity index (χ3v) is 4.75. The summed E-state index contributed by atoms with van der Waals surface area (Å²) < 4.78 is 0. The number of hydrogen-bond acceptors (Lipinski definition) is 2. The molecule has 0 fully saturated rings. The SMILES string of the molecule is O=C1c2ccccc2C(Nc2ccccc2Cl)N1Cc1ccccc1. The van der Waals surface area contributed by atoms with Crippen LogP contribution in [0.15, 0.2) is 78.9 Å². The van der Waals surface area contributed by atoms with Crippen molar-refractivity contribution in [1.29, 1.82) is 0 Å². The lowest BCUT2D eigenvalue weighted by atomic mass is 10.1. The second kappa shape index (κ2) is 6.61. The Balaban J connectivity index is 1.71. The zero-order valence-electron chi connectivity index (χ0n) is 13.5. The zero-order chi connectivity index (χ0) is 17.2. The first-order valence-electron chi connectivity index (χ1n) is 8.19. The van der Waals surface area contributed by atoms with Crippen molar-refractivity contribution >= 4 is 23.2 Å². The number of para-hydroxylation sites is 1. The summed E-state index contributed by atoms with van der Waals surface area (Å²) in [7, 11) is 0. The van der Waals surface area contributed by atoms with Crippen molar-refractivity contribution in [1.82, 2.24) is 4.90 Å². The average molecular weight is 349 g/mol. The maximum atomic E-state index is 12.9. The van der Waals surface area contributed by atoms with Crippen LogP contribution in [0.25, 0.3) is 0 Å². The number of nitrogens with zero attached hydrogens (tertiary/aromatic N) is 1. The first-order chi connectivity index (χ1) is 12.2. The van der Waals surface area contributed by atoms with E-state index >= 15 is 0 Å². The molecule has 1 aliphatic heterocycles. The van der Waals surface area contributed by atoms with Crippen molar-refractivity contribution < 1.29 is 4.79 Å². The van der Waals surface area contributed by atoms with Gasteiger partial charge in [0, 0.05) is 17.7 Å². The smallest absolute Gasteiger partial charge is 0.256 e. The number of benzene rings is 3. The Labute approximate surface area is 151 Å². The van der Waals surface area contributed by atoms with Gasteiger partial charge in [0.15, 0.2) is 0 Å². The number of hydrogen-bond donors (Lipinski definition) is 1. The highest BCUT2D eigenvalue weighted by Crippen LogP contribution is 2.36. The van der Waals surface area contributed by atoms with Crippen LogP contribution in [0.2, 0.25) is 5.02 Å². The van der Waals surface area contributed by atoms with Gasteiger partial charge in [0.25, 0.3) is 5.91 Å². The largest absolute Gasteiger partial charge is 0.360 e. The molecular formula is C21H17ClN2O. The summed E-state index contributed by atoms with van der Waals surface area (Å²) in [6, 6.07) is 25.3. The number of carbonyl (C=O) groups excluding carboxylic acids is 1. The summed E-state index contributed by atoms with van der Waals surface area (Å²) >= 11 is 6.31. The van der Waals surface area contributed by atoms with Crippen molar-refractivity contribution in [2.75, 3.05) is 5.32 Å². The van der Waals surface area contributed by atoms with Crippen molar-refractivity contribution in [3.05, 3.63) is 101 Å². The Bertz CT molecular complexity index is 911. The topological polar surface area (TPSA) is 32.3 Å². The normalized spacial score (nSPS) is 16.0. The van der Waals surface area contributed by atoms with Gasteiger partial charge in [0.05, 0.1) is 10.7 Å². The zero-order valence-corrected chi connectivity index (χ0v) is 14.3. The summed E-state index contributed by atoms with van der Waals surface area (Å²) in [5.41, 5.74) is 3.62. The lowest BCUT2D eigenvalue weighted by Crippen LogP contribution is -2.31. The molecule has 1 N–H and O–H groups in total. The summed E-state index contributed by atoms with van der Waals surface area (Å²) in [5, 5.41) is 4.08. The molecule has 124 valence electrons. The van der Waals surface area contributed by atoms with E-state index in [-0.39, 0.29) is 12.1 Å². The van der Waals surface area contributed by atoms with Gasteiger partial charge in [0.1, 0.15) is 6.17 Å². The molecule has 1 unspecified atom stereocenters. The van der Waals surface area contributed by atoms with Gasteiger partial charge in [-0.15, -0.1) is 0 Å². The number of rotatable bonds is 4. The second-order valence-electron chi connectivity index (χ2n) is 6.03. The van der Waals surface area contributed by atoms with Crippen molar-refractivity contribution in [3.8, 4) is 0 Å². The molecule has 0 aliphatic carbocycles. The van der Waals surface area contributed by atoms with Gasteiger partial charge in [-0.3, -0.25) is 4.79 Å². The molecule has 0 saturated heterocycles. The molecule has 0 saturated carbocycles. The minimum Gasteiger partial charge on any atom is -0.360 e. The molecule has 25 heavy (non-hydrogen) atoms. The Morgan fingerprint density at radius 3 is 2.36 bits per heavy atom. The molecule has 3 aromatic rings. The van der Waals surface area contributed by atoms with Crippen LogP contribution in [-0.2, 0) is 6.54 Å². The number of halogens is 1. The van der Waals surface area contributed by atoms with Gasteiger partial charge in [-0.05, 0) is 23.8 Å². The fourth-order valence-corrected chi connectivity index (χ4v) is 3.38. The van der Waals surface area contributed by atoms with Gasteiger partial charge in [-0.1, -0.05) is 72.3 Å². The van der Waals surface area contributed by atoms with Crippen LogP contribution in [0.5, 0.6) is 0 Å². The number of carbonyl (C=O) groups is 1. The lowest BCUT2D eigenvalue weighted by molar-refractivity contribution is 0.0729. The molecule has 1 aliphatic rings. The standard InChI is InChI=1S/C21H17ClN2O/c22-18-12-6-7-13-19(18)23-20-16-10-4-5-11-17(16)21(25)24(20)14-15-8-2-1-3-9-15/h1-13,20,23H,14H2. The maximum Gasteiger partial charge on any atom is 0.256 e. The van der Waals surface area contributed by atoms with E-state index in [9.17, 15) is 4.79 Å². The monoisotopic (exact) mass is 348 g/mol. The number of anilines is 1. The van der Waals surface area contributed by atoms with Crippen LogP contribution in [0.1, 0.15) is 27.7 Å². The Kier molecular flexibility index (Phi) is 4.16. The van der Waals surface area contributed by atoms with E-state index in [1.54, 1.807) is 0 Å². The Morgan fingerprint density at radius 1 is 0.880 bits per heavy atom. The quantitative estimate of drug-likeness (QED) is 0.710. The van der Waals surface area contributed by atoms with E-state index < -0.39 is 0 Å². The summed E-state index contributed by atoms with van der Waals surface area (Å²) in [4.78, 5) is 14.8. The molecule has 0 radical (unpaired) electrons. The van der Waals surface area contributed by atoms with E-state index in [4.69, 9.17) is 11.6 Å². The van der Waals surface area contributed by atoms with Gasteiger partial charge in [0.2, 0.25) is 0 Å². The first kappa shape index (κ1) is 15.7. The summed E-state index contributed by atoms with van der Waals surface area (Å²) in [5.74, 6) is 0.0315. The number of amides is 1. The van der Waals surface area contributed by atoms with Crippen molar-refractivity contribution in [2.45, 2.75) is 12.7 Å². The Hall–Kier alpha value is -2.78. The van der Waals surface area contributed by atoms with Crippen LogP contribution < -0.4 is 5.32 Å². The van der Waals surface area contributed by atoms with Gasteiger partial charge in [-0.2, -0.15) is 0 Å². The van der Waals surface area contributed by atoms with E-state index in [2.05, 4.69) is 5.32 Å². The lowest BCUT2D eigenvalue weighted by Gasteiger charge is -2.27. The molecule has 0 bridgehead atoms. The molecule has 4 heteroatoms. The summed E-state index contributed by atoms with van der Waals surface area (Å²) in [6.07, 6.45) is -0.246. The minimum atomic E-state index is -0.246. The third-order valence-electron chi connectivity index (χ3n) is 4.42. The predicted molar refractivity (Wildman–Crippen MR) is 101 cm³/mol. The number of nitrogens with one attached hydrogen (secondary N) is 1. The first-order valence-corrected chi connectivity index (χ1v) is 8.57. The van der Waals surface area contributed by atoms with E-state index in [1.165, 1.54) is 0 Å². The fraction of sp³-hybridized carbons (Fsp3) is 0.0952. The maximum absolute atomic E-state index is 12.9. The third kappa shape index (κ3) is 2.99. The van der Waals surface area contributed by atoms with Crippen LogP contribution >= 0.6 is 11.6 Å². The predicted octanol–water partition coefficient (Wildman–Crippen LogP) is 5.11. The molecule has 3 aromatic carbocycles. The Morgan fingerprint density at radius 2 is 1.56 bits per heavy atom. The number of fused-ring (bicyclic) bond motifs is 1. The average Bonchev–Trinajstić information content (AvgIpc) is 2.91. The van der Waals surface area contributed by atoms with Crippen molar-refractivity contribution in [3.63, 3.8) is 0 Å². The van der Waals surface area contributed by atoms with Crippen LogP contribution in [0.4, 0.5) is 5.69 Å². The van der Waals surface area contributed by atoms with Gasteiger partial charge in [-0.25, -0.2) is 0 Å². The molecule has 1 atom stereocenters. The molecule has 4 rings (SSSR count). The van der Waals surface area contributed by atoms with Gasteiger partial charge < -0.3 is 10.2 Å². The highest BCUT2D eigenvalue weighted by atomic mass is 35.5. The molecule has 3 nitrogen and oxygen atoms in total. The molecular weight excluding hydrogens is 332 g/mol. The fourth-order valence-electron chi connectivity index (χ4n) is 3.19. The van der Waals surface area contributed by atoms with Crippen LogP contribution in [0, 0.1) is 0 Å². The molecule has 0 spiro atoms. The van der Waals surface area contributed by atoms with E-state index in [0.29, 0.717) is 11.6 Å². The summed E-state index contributed by atoms with van der Waals surface area (Å²) in [6.45, 7) is 0.538. The highest BCUT2D eigenvalue weighted by molar-refractivity contribution is 6.33. The van der Waals surface area contributed by atoms with Crippen molar-refractivity contribution in [2.24, 2.45) is 0 Å². The molecule has 1 amide bonds. The van der Waals surface area contributed by atoms with E-state index in [1.807, 2.05) is 83.8 Å². The van der Waals surface area contributed by atoms with Crippen LogP contribution in [0.3, 0.4) is 0 Å². The molecule has 1 heterocycles. The minimum absolute atomic E-state index is 0.0315. The molecule has 0 aromatic heterocycles. The highest BCUT2D eigenvalue weighted by Gasteiger charge is 2.36. The van der Waals surface area contributed by atoms with Crippen LogP contribution in [-0.4, -0.2) is 10.8 Å². The van der Waals surface area contributed by atoms with E-state index in [0.717, 1.165) is 22.4 Å².